The largest absolute Gasteiger partial charge is 0.241 e. The van der Waals surface area contributed by atoms with E-state index in [0.717, 1.165) is 17.8 Å². The molecule has 0 radical (unpaired) electrons. The first-order chi connectivity index (χ1) is 6.33. The van der Waals surface area contributed by atoms with Gasteiger partial charge in [-0.25, -0.2) is 9.97 Å². The minimum absolute atomic E-state index is 0.821. The van der Waals surface area contributed by atoms with Crippen molar-refractivity contribution in [1.82, 2.24) is 9.97 Å². The number of hydrogen-bond donors (Lipinski definition) is 0. The standard InChI is InChI=1S/C11H14N2/c1-3-4-5-6-7-11-8-12-10(2)13-9-11/h3-6,8-9H,7H2,1-2H3/b4-3-,6-5-. The molecule has 0 saturated carbocycles. The number of allylic oxidation sites excluding steroid dienone is 4. The molecule has 0 fully saturated rings. The third kappa shape index (κ3) is 3.65. The van der Waals surface area contributed by atoms with Gasteiger partial charge in [-0.05, 0) is 25.8 Å². The summed E-state index contributed by atoms with van der Waals surface area (Å²) in [6.45, 7) is 3.89. The lowest BCUT2D eigenvalue weighted by atomic mass is 10.2. The Morgan fingerprint density at radius 1 is 1.23 bits per heavy atom. The van der Waals surface area contributed by atoms with Crippen LogP contribution in [0.25, 0.3) is 0 Å². The number of rotatable bonds is 3. The van der Waals surface area contributed by atoms with Crippen LogP contribution in [0, 0.1) is 6.92 Å². The molecule has 2 heteroatoms. The SMILES string of the molecule is C/C=C\C=C/Cc1cnc(C)nc1. The number of nitrogens with zero attached hydrogens (tertiary/aromatic N) is 2. The second kappa shape index (κ2) is 5.25. The van der Waals surface area contributed by atoms with Crippen molar-refractivity contribution >= 4 is 0 Å². The summed E-state index contributed by atoms with van der Waals surface area (Å²) in [5.41, 5.74) is 1.14. The quantitative estimate of drug-likeness (QED) is 0.658. The van der Waals surface area contributed by atoms with E-state index >= 15 is 0 Å². The molecule has 0 aliphatic rings. The molecule has 13 heavy (non-hydrogen) atoms. The van der Waals surface area contributed by atoms with Crippen LogP contribution in [0.3, 0.4) is 0 Å². The van der Waals surface area contributed by atoms with E-state index in [1.165, 1.54) is 0 Å². The summed E-state index contributed by atoms with van der Waals surface area (Å²) in [6.07, 6.45) is 12.8. The molecule has 0 unspecified atom stereocenters. The van der Waals surface area contributed by atoms with Crippen LogP contribution < -0.4 is 0 Å². The minimum Gasteiger partial charge on any atom is -0.241 e. The molecule has 0 aromatic carbocycles. The first-order valence-corrected chi connectivity index (χ1v) is 4.38. The molecule has 0 amide bonds. The third-order valence-electron chi connectivity index (χ3n) is 1.63. The number of aromatic nitrogens is 2. The smallest absolute Gasteiger partial charge is 0.125 e. The maximum absolute atomic E-state index is 4.11. The van der Waals surface area contributed by atoms with Crippen LogP contribution in [0.5, 0.6) is 0 Å². The van der Waals surface area contributed by atoms with Crippen LogP contribution in [0.2, 0.25) is 0 Å². The Morgan fingerprint density at radius 3 is 2.54 bits per heavy atom. The molecule has 0 atom stereocenters. The average Bonchev–Trinajstić information content (AvgIpc) is 2.15. The Labute approximate surface area is 79.0 Å². The first kappa shape index (κ1) is 9.65. The van der Waals surface area contributed by atoms with Gasteiger partial charge >= 0.3 is 0 Å². The van der Waals surface area contributed by atoms with Crippen molar-refractivity contribution in [2.75, 3.05) is 0 Å². The van der Waals surface area contributed by atoms with Crippen molar-refractivity contribution in [3.63, 3.8) is 0 Å². The van der Waals surface area contributed by atoms with E-state index in [-0.39, 0.29) is 0 Å². The fourth-order valence-corrected chi connectivity index (χ4v) is 0.919. The highest BCUT2D eigenvalue weighted by Crippen LogP contribution is 1.97. The maximum Gasteiger partial charge on any atom is 0.125 e. The summed E-state index contributed by atoms with van der Waals surface area (Å²) in [6, 6.07) is 0. The minimum atomic E-state index is 0.821. The average molecular weight is 174 g/mol. The molecule has 0 bridgehead atoms. The van der Waals surface area contributed by atoms with Gasteiger partial charge in [-0.2, -0.15) is 0 Å². The highest BCUT2D eigenvalue weighted by molar-refractivity contribution is 5.12. The lowest BCUT2D eigenvalue weighted by Crippen LogP contribution is -1.89. The van der Waals surface area contributed by atoms with Gasteiger partial charge in [-0.3, -0.25) is 0 Å². The first-order valence-electron chi connectivity index (χ1n) is 4.38. The van der Waals surface area contributed by atoms with E-state index in [9.17, 15) is 0 Å². The van der Waals surface area contributed by atoms with Crippen LogP contribution in [-0.2, 0) is 6.42 Å². The molecule has 2 nitrogen and oxygen atoms in total. The van der Waals surface area contributed by atoms with Gasteiger partial charge in [0.05, 0.1) is 0 Å². The maximum atomic E-state index is 4.11. The Kier molecular flexibility index (Phi) is 3.89. The van der Waals surface area contributed by atoms with E-state index in [2.05, 4.69) is 16.0 Å². The normalized spacial score (nSPS) is 11.5. The lowest BCUT2D eigenvalue weighted by Gasteiger charge is -1.94. The van der Waals surface area contributed by atoms with E-state index in [1.54, 1.807) is 0 Å². The predicted octanol–water partition coefficient (Wildman–Crippen LogP) is 2.46. The summed E-state index contributed by atoms with van der Waals surface area (Å²) < 4.78 is 0. The van der Waals surface area contributed by atoms with Gasteiger partial charge in [0.15, 0.2) is 0 Å². The molecule has 68 valence electrons. The lowest BCUT2D eigenvalue weighted by molar-refractivity contribution is 1.01. The molecule has 0 aliphatic carbocycles. The van der Waals surface area contributed by atoms with Gasteiger partial charge in [-0.15, -0.1) is 0 Å². The second-order valence-corrected chi connectivity index (χ2v) is 2.80. The summed E-state index contributed by atoms with van der Waals surface area (Å²) in [5, 5.41) is 0. The second-order valence-electron chi connectivity index (χ2n) is 2.80. The van der Waals surface area contributed by atoms with Crippen LogP contribution in [-0.4, -0.2) is 9.97 Å². The topological polar surface area (TPSA) is 25.8 Å². The van der Waals surface area contributed by atoms with Crippen molar-refractivity contribution in [3.05, 3.63) is 48.1 Å². The van der Waals surface area contributed by atoms with Crippen molar-refractivity contribution < 1.29 is 0 Å². The van der Waals surface area contributed by atoms with Gasteiger partial charge in [0.25, 0.3) is 0 Å². The van der Waals surface area contributed by atoms with Crippen molar-refractivity contribution in [2.45, 2.75) is 20.3 Å². The molecule has 0 saturated heterocycles. The molecule has 0 spiro atoms. The molecule has 0 aliphatic heterocycles. The summed E-state index contributed by atoms with van der Waals surface area (Å²) in [7, 11) is 0. The van der Waals surface area contributed by atoms with Crippen LogP contribution in [0.1, 0.15) is 18.3 Å². The fourth-order valence-electron chi connectivity index (χ4n) is 0.919. The zero-order chi connectivity index (χ0) is 9.52. The van der Waals surface area contributed by atoms with E-state index in [4.69, 9.17) is 0 Å². The van der Waals surface area contributed by atoms with E-state index < -0.39 is 0 Å². The number of aryl methyl sites for hydroxylation is 1. The molecule has 0 N–H and O–H groups in total. The van der Waals surface area contributed by atoms with Crippen molar-refractivity contribution in [2.24, 2.45) is 0 Å². The monoisotopic (exact) mass is 174 g/mol. The highest BCUT2D eigenvalue weighted by Gasteiger charge is 1.89. The van der Waals surface area contributed by atoms with Gasteiger partial charge in [0.1, 0.15) is 5.82 Å². The van der Waals surface area contributed by atoms with E-state index in [1.807, 2.05) is 44.5 Å². The van der Waals surface area contributed by atoms with Crippen molar-refractivity contribution in [3.8, 4) is 0 Å². The highest BCUT2D eigenvalue weighted by atomic mass is 14.8. The zero-order valence-corrected chi connectivity index (χ0v) is 8.07. The number of hydrogen-bond acceptors (Lipinski definition) is 2. The van der Waals surface area contributed by atoms with Gasteiger partial charge < -0.3 is 0 Å². The molecule has 1 heterocycles. The van der Waals surface area contributed by atoms with Gasteiger partial charge in [0, 0.05) is 12.4 Å². The van der Waals surface area contributed by atoms with Gasteiger partial charge in [0.2, 0.25) is 0 Å². The van der Waals surface area contributed by atoms with Crippen LogP contribution in [0.4, 0.5) is 0 Å². The fraction of sp³-hybridized carbons (Fsp3) is 0.273. The molecular weight excluding hydrogens is 160 g/mol. The Morgan fingerprint density at radius 2 is 1.92 bits per heavy atom. The Hall–Kier alpha value is -1.44. The molecule has 1 aromatic rings. The molecular formula is C11H14N2. The summed E-state index contributed by atoms with van der Waals surface area (Å²) in [5.74, 6) is 0.821. The zero-order valence-electron chi connectivity index (χ0n) is 8.07. The van der Waals surface area contributed by atoms with E-state index in [0.29, 0.717) is 0 Å². The third-order valence-corrected chi connectivity index (χ3v) is 1.63. The van der Waals surface area contributed by atoms with Gasteiger partial charge in [-0.1, -0.05) is 24.3 Å². The predicted molar refractivity (Wildman–Crippen MR) is 54.4 cm³/mol. The molecule has 1 rings (SSSR count). The Bertz CT molecular complexity index is 296. The molecule has 1 aromatic heterocycles. The summed E-state index contributed by atoms with van der Waals surface area (Å²) in [4.78, 5) is 8.23. The van der Waals surface area contributed by atoms with Crippen LogP contribution in [0.15, 0.2) is 36.7 Å². The summed E-state index contributed by atoms with van der Waals surface area (Å²) >= 11 is 0. The Balaban J connectivity index is 2.50. The van der Waals surface area contributed by atoms with Crippen molar-refractivity contribution in [1.29, 1.82) is 0 Å². The van der Waals surface area contributed by atoms with Crippen LogP contribution >= 0.6 is 0 Å².